The number of rotatable bonds is 4. The number of hydrogen-bond acceptors (Lipinski definition) is 5. The van der Waals surface area contributed by atoms with Crippen molar-refractivity contribution < 1.29 is 9.53 Å². The fourth-order valence-corrected chi connectivity index (χ4v) is 4.45. The molecule has 2 fully saturated rings. The van der Waals surface area contributed by atoms with Gasteiger partial charge in [-0.25, -0.2) is 4.98 Å². The summed E-state index contributed by atoms with van der Waals surface area (Å²) in [4.78, 5) is 26.2. The average molecular weight is 401 g/mol. The van der Waals surface area contributed by atoms with Crippen molar-refractivity contribution in [2.24, 2.45) is 5.92 Å². The lowest BCUT2D eigenvalue weighted by atomic mass is 9.94. The summed E-state index contributed by atoms with van der Waals surface area (Å²) in [6.07, 6.45) is 5.39. The molecule has 1 aromatic heterocycles. The molecular weight excluding hydrogens is 376 g/mol. The van der Waals surface area contributed by atoms with Crippen molar-refractivity contribution in [2.75, 3.05) is 31.6 Å². The van der Waals surface area contributed by atoms with Crippen molar-refractivity contribution in [2.45, 2.75) is 31.7 Å². The molecule has 6 nitrogen and oxygen atoms in total. The number of carbonyl (C=O) groups is 1. The summed E-state index contributed by atoms with van der Waals surface area (Å²) in [7, 11) is 1.60. The van der Waals surface area contributed by atoms with Gasteiger partial charge in [0.2, 0.25) is 17.7 Å². The number of carbonyl (C=O) groups excluding carboxylic acids is 1. The zero-order valence-electron chi connectivity index (χ0n) is 16.1. The second-order valence-corrected chi connectivity index (χ2v) is 7.84. The number of amides is 1. The van der Waals surface area contributed by atoms with Gasteiger partial charge >= 0.3 is 0 Å². The summed E-state index contributed by atoms with van der Waals surface area (Å²) in [5.74, 6) is 1.56. The highest BCUT2D eigenvalue weighted by Gasteiger charge is 2.35. The Morgan fingerprint density at radius 3 is 2.75 bits per heavy atom. The second kappa shape index (κ2) is 8.35. The average Bonchev–Trinajstić information content (AvgIpc) is 3.23. The molecule has 1 atom stereocenters. The van der Waals surface area contributed by atoms with Crippen LogP contribution in [-0.2, 0) is 4.79 Å². The fourth-order valence-electron chi connectivity index (χ4n) is 4.25. The normalized spacial score (nSPS) is 20.4. The Kier molecular flexibility index (Phi) is 5.67. The molecule has 148 valence electrons. The first-order valence-electron chi connectivity index (χ1n) is 9.83. The number of halogens is 1. The largest absolute Gasteiger partial charge is 0.481 e. The molecule has 0 saturated carbocycles. The lowest BCUT2D eigenvalue weighted by Crippen LogP contribution is -2.42. The van der Waals surface area contributed by atoms with Crippen LogP contribution in [0.3, 0.4) is 0 Å². The molecule has 2 aliphatic heterocycles. The maximum Gasteiger partial charge on any atom is 0.228 e. The summed E-state index contributed by atoms with van der Waals surface area (Å²) in [5.41, 5.74) is 1.14. The molecular formula is C21H25ClN4O2. The van der Waals surface area contributed by atoms with Gasteiger partial charge < -0.3 is 14.5 Å². The van der Waals surface area contributed by atoms with E-state index in [0.29, 0.717) is 11.8 Å². The van der Waals surface area contributed by atoms with Crippen LogP contribution in [0.25, 0.3) is 0 Å². The van der Waals surface area contributed by atoms with Gasteiger partial charge in [0.25, 0.3) is 0 Å². The summed E-state index contributed by atoms with van der Waals surface area (Å²) in [5, 5.41) is 0.725. The van der Waals surface area contributed by atoms with E-state index in [1.54, 1.807) is 19.4 Å². The standard InChI is InChI=1S/C21H25ClN4O2/c1-28-19-7-10-23-21(24-19)25-12-8-15(9-13-25)20(27)26-11-3-6-18(26)16-4-2-5-17(22)14-16/h2,4-5,7,10,14-15,18H,3,6,8-9,11-13H2,1H3. The van der Waals surface area contributed by atoms with Gasteiger partial charge in [-0.1, -0.05) is 23.7 Å². The maximum absolute atomic E-state index is 13.2. The highest BCUT2D eigenvalue weighted by molar-refractivity contribution is 6.30. The van der Waals surface area contributed by atoms with Gasteiger partial charge in [-0.05, 0) is 43.4 Å². The lowest BCUT2D eigenvalue weighted by Gasteiger charge is -2.35. The molecule has 4 rings (SSSR count). The number of methoxy groups -OCH3 is 1. The topological polar surface area (TPSA) is 58.6 Å². The zero-order chi connectivity index (χ0) is 19.5. The number of benzene rings is 1. The molecule has 0 bridgehead atoms. The third-order valence-electron chi connectivity index (χ3n) is 5.72. The van der Waals surface area contributed by atoms with Gasteiger partial charge in [0.1, 0.15) is 0 Å². The van der Waals surface area contributed by atoms with Crippen LogP contribution in [0, 0.1) is 5.92 Å². The van der Waals surface area contributed by atoms with E-state index in [0.717, 1.165) is 55.9 Å². The summed E-state index contributed by atoms with van der Waals surface area (Å²) in [6.45, 7) is 2.38. The molecule has 7 heteroatoms. The van der Waals surface area contributed by atoms with Gasteiger partial charge in [-0.3, -0.25) is 4.79 Å². The van der Waals surface area contributed by atoms with Crippen LogP contribution in [0.1, 0.15) is 37.3 Å². The van der Waals surface area contributed by atoms with Crippen LogP contribution in [0.2, 0.25) is 5.02 Å². The van der Waals surface area contributed by atoms with Crippen LogP contribution < -0.4 is 9.64 Å². The lowest BCUT2D eigenvalue weighted by molar-refractivity contribution is -0.137. The minimum absolute atomic E-state index is 0.0571. The Labute approximate surface area is 170 Å². The number of nitrogens with zero attached hydrogens (tertiary/aromatic N) is 4. The predicted molar refractivity (Wildman–Crippen MR) is 109 cm³/mol. The third kappa shape index (κ3) is 3.92. The molecule has 0 aliphatic carbocycles. The highest BCUT2D eigenvalue weighted by atomic mass is 35.5. The highest BCUT2D eigenvalue weighted by Crippen LogP contribution is 2.35. The van der Waals surface area contributed by atoms with Crippen LogP contribution >= 0.6 is 11.6 Å². The minimum Gasteiger partial charge on any atom is -0.481 e. The smallest absolute Gasteiger partial charge is 0.228 e. The quantitative estimate of drug-likeness (QED) is 0.782. The summed E-state index contributed by atoms with van der Waals surface area (Å²) < 4.78 is 5.19. The van der Waals surface area contributed by atoms with Crippen molar-refractivity contribution in [3.05, 3.63) is 47.1 Å². The van der Waals surface area contributed by atoms with Crippen LogP contribution in [0.4, 0.5) is 5.95 Å². The number of anilines is 1. The second-order valence-electron chi connectivity index (χ2n) is 7.40. The molecule has 0 N–H and O–H groups in total. The minimum atomic E-state index is 0.0571. The van der Waals surface area contributed by atoms with Crippen molar-refractivity contribution in [1.82, 2.24) is 14.9 Å². The Balaban J connectivity index is 1.40. The maximum atomic E-state index is 13.2. The molecule has 0 spiro atoms. The van der Waals surface area contributed by atoms with Crippen LogP contribution in [-0.4, -0.2) is 47.5 Å². The summed E-state index contributed by atoms with van der Waals surface area (Å²) in [6, 6.07) is 9.79. The third-order valence-corrected chi connectivity index (χ3v) is 5.96. The van der Waals surface area contributed by atoms with Gasteiger partial charge in [0.05, 0.1) is 13.2 Å². The van der Waals surface area contributed by atoms with Gasteiger partial charge in [-0.2, -0.15) is 4.98 Å². The SMILES string of the molecule is COc1ccnc(N2CCC(C(=O)N3CCCC3c3cccc(Cl)c3)CC2)n1. The Morgan fingerprint density at radius 1 is 1.18 bits per heavy atom. The number of aromatic nitrogens is 2. The zero-order valence-corrected chi connectivity index (χ0v) is 16.8. The fraction of sp³-hybridized carbons (Fsp3) is 0.476. The van der Waals surface area contributed by atoms with Gasteiger partial charge in [-0.15, -0.1) is 0 Å². The molecule has 28 heavy (non-hydrogen) atoms. The van der Waals surface area contributed by atoms with E-state index >= 15 is 0 Å². The molecule has 2 saturated heterocycles. The first-order valence-corrected chi connectivity index (χ1v) is 10.2. The molecule has 1 amide bonds. The van der Waals surface area contributed by atoms with Crippen LogP contribution in [0.5, 0.6) is 5.88 Å². The van der Waals surface area contributed by atoms with E-state index in [-0.39, 0.29) is 17.9 Å². The van der Waals surface area contributed by atoms with Crippen LogP contribution in [0.15, 0.2) is 36.5 Å². The summed E-state index contributed by atoms with van der Waals surface area (Å²) >= 11 is 6.17. The molecule has 2 aromatic rings. The first-order chi connectivity index (χ1) is 13.7. The van der Waals surface area contributed by atoms with Crippen molar-refractivity contribution in [3.8, 4) is 5.88 Å². The molecule has 0 radical (unpaired) electrons. The van der Waals surface area contributed by atoms with E-state index in [1.807, 2.05) is 18.2 Å². The molecule has 3 heterocycles. The number of piperidine rings is 1. The number of likely N-dealkylation sites (tertiary alicyclic amines) is 1. The first kappa shape index (κ1) is 19.0. The van der Waals surface area contributed by atoms with E-state index < -0.39 is 0 Å². The number of ether oxygens (including phenoxy) is 1. The van der Waals surface area contributed by atoms with E-state index in [2.05, 4.69) is 25.8 Å². The van der Waals surface area contributed by atoms with Crippen molar-refractivity contribution in [3.63, 3.8) is 0 Å². The predicted octanol–water partition coefficient (Wildman–Crippen LogP) is 3.72. The van der Waals surface area contributed by atoms with Crippen molar-refractivity contribution >= 4 is 23.5 Å². The number of hydrogen-bond donors (Lipinski definition) is 0. The molecule has 1 aromatic carbocycles. The van der Waals surface area contributed by atoms with E-state index in [9.17, 15) is 4.79 Å². The molecule has 1 unspecified atom stereocenters. The van der Waals surface area contributed by atoms with E-state index in [4.69, 9.17) is 16.3 Å². The van der Waals surface area contributed by atoms with Gasteiger partial charge in [0.15, 0.2) is 0 Å². The Hall–Kier alpha value is -2.34. The Morgan fingerprint density at radius 2 is 2.00 bits per heavy atom. The van der Waals surface area contributed by atoms with Gasteiger partial charge in [0, 0.05) is 42.8 Å². The Bertz CT molecular complexity index is 839. The van der Waals surface area contributed by atoms with Crippen molar-refractivity contribution in [1.29, 1.82) is 0 Å². The molecule has 2 aliphatic rings. The van der Waals surface area contributed by atoms with E-state index in [1.165, 1.54) is 0 Å². The monoisotopic (exact) mass is 400 g/mol.